The number of carbonyl (C=O) groups excluding carboxylic acids is 1. The van der Waals surface area contributed by atoms with Gasteiger partial charge in [-0.15, -0.1) is 11.3 Å². The first-order valence-electron chi connectivity index (χ1n) is 9.94. The largest absolute Gasteiger partial charge is 0.481 e. The second-order valence-corrected chi connectivity index (χ2v) is 7.93. The number of carbonyl (C=O) groups is 1. The van der Waals surface area contributed by atoms with Gasteiger partial charge in [0.25, 0.3) is 5.91 Å². The fraction of sp³-hybridized carbons (Fsp3) is 0.227. The van der Waals surface area contributed by atoms with Crippen LogP contribution in [0.1, 0.15) is 34.7 Å². The summed E-state index contributed by atoms with van der Waals surface area (Å²) < 4.78 is 19.3. The van der Waals surface area contributed by atoms with Gasteiger partial charge in [0, 0.05) is 30.9 Å². The molecule has 0 aliphatic carbocycles. The number of rotatable bonds is 8. The van der Waals surface area contributed by atoms with Gasteiger partial charge in [0.15, 0.2) is 5.69 Å². The summed E-state index contributed by atoms with van der Waals surface area (Å²) in [6.07, 6.45) is 3.27. The molecular formula is C22H21FN6O2S. The third-order valence-corrected chi connectivity index (χ3v) is 5.66. The number of fused-ring (bicyclic) bond motifs is 1. The van der Waals surface area contributed by atoms with E-state index in [1.807, 2.05) is 30.5 Å². The molecule has 1 unspecified atom stereocenters. The quantitative estimate of drug-likeness (QED) is 0.419. The van der Waals surface area contributed by atoms with Crippen LogP contribution in [0, 0.1) is 5.82 Å². The second kappa shape index (κ2) is 9.65. The van der Waals surface area contributed by atoms with Crippen LogP contribution in [0.25, 0.3) is 10.2 Å². The highest BCUT2D eigenvalue weighted by Crippen LogP contribution is 2.25. The van der Waals surface area contributed by atoms with Gasteiger partial charge in [-0.25, -0.2) is 19.3 Å². The van der Waals surface area contributed by atoms with Crippen LogP contribution >= 0.6 is 11.3 Å². The Morgan fingerprint density at radius 1 is 1.22 bits per heavy atom. The molecule has 4 heterocycles. The molecule has 32 heavy (non-hydrogen) atoms. The number of anilines is 1. The number of hydrogen-bond donors (Lipinski definition) is 2. The van der Waals surface area contributed by atoms with Crippen molar-refractivity contribution < 1.29 is 13.9 Å². The van der Waals surface area contributed by atoms with Crippen LogP contribution in [0.15, 0.2) is 48.1 Å². The van der Waals surface area contributed by atoms with Crippen molar-refractivity contribution in [3.8, 4) is 5.88 Å². The Morgan fingerprint density at radius 3 is 2.91 bits per heavy atom. The van der Waals surface area contributed by atoms with Crippen LogP contribution in [0.4, 0.5) is 10.3 Å². The van der Waals surface area contributed by atoms with Crippen LogP contribution in [-0.2, 0) is 6.42 Å². The number of nitrogens with zero attached hydrogens (tertiary/aromatic N) is 4. The van der Waals surface area contributed by atoms with Gasteiger partial charge in [0.2, 0.25) is 11.8 Å². The molecule has 0 saturated heterocycles. The third kappa shape index (κ3) is 4.97. The minimum absolute atomic E-state index is 0.285. The molecule has 0 aliphatic heterocycles. The summed E-state index contributed by atoms with van der Waals surface area (Å²) in [6.45, 7) is 2.24. The van der Waals surface area contributed by atoms with E-state index in [-0.39, 0.29) is 23.6 Å². The zero-order chi connectivity index (χ0) is 22.5. The highest BCUT2D eigenvalue weighted by atomic mass is 32.1. The number of pyridine rings is 2. The van der Waals surface area contributed by atoms with E-state index in [2.05, 4.69) is 30.6 Å². The Morgan fingerprint density at radius 2 is 2.09 bits per heavy atom. The summed E-state index contributed by atoms with van der Waals surface area (Å²) in [5, 5.41) is 7.89. The minimum atomic E-state index is -0.420. The van der Waals surface area contributed by atoms with Crippen molar-refractivity contribution in [3.63, 3.8) is 0 Å². The summed E-state index contributed by atoms with van der Waals surface area (Å²) in [6, 6.07) is 8.43. The van der Waals surface area contributed by atoms with Crippen LogP contribution in [-0.4, -0.2) is 39.5 Å². The standard InChI is InChI=1S/C22H21FN6O2S/c1-13(14-10-15(23)12-24-11-14)26-22-28-17-7-9-32-20(17)19(29-22)21(30)25-8-6-16-4-3-5-18(27-16)31-2/h3-5,7,9-13H,6,8H2,1-2H3,(H,25,30)(H,26,28,29). The molecule has 10 heteroatoms. The molecule has 4 aromatic heterocycles. The van der Waals surface area contributed by atoms with E-state index in [0.29, 0.717) is 34.6 Å². The van der Waals surface area contributed by atoms with E-state index >= 15 is 0 Å². The molecule has 0 saturated carbocycles. The van der Waals surface area contributed by atoms with Gasteiger partial charge in [-0.1, -0.05) is 6.07 Å². The molecule has 8 nitrogen and oxygen atoms in total. The maximum atomic E-state index is 13.5. The first-order valence-corrected chi connectivity index (χ1v) is 10.8. The van der Waals surface area contributed by atoms with E-state index in [4.69, 9.17) is 4.74 Å². The summed E-state index contributed by atoms with van der Waals surface area (Å²) in [5.74, 6) is 0.0948. The maximum absolute atomic E-state index is 13.5. The Hall–Kier alpha value is -3.66. The van der Waals surface area contributed by atoms with E-state index < -0.39 is 5.82 Å². The van der Waals surface area contributed by atoms with Crippen LogP contribution in [0.3, 0.4) is 0 Å². The summed E-state index contributed by atoms with van der Waals surface area (Å²) in [7, 11) is 1.56. The molecular weight excluding hydrogens is 431 g/mol. The van der Waals surface area contributed by atoms with Gasteiger partial charge >= 0.3 is 0 Å². The van der Waals surface area contributed by atoms with Crippen LogP contribution < -0.4 is 15.4 Å². The lowest BCUT2D eigenvalue weighted by Crippen LogP contribution is -2.27. The van der Waals surface area contributed by atoms with E-state index in [1.165, 1.54) is 17.4 Å². The van der Waals surface area contributed by atoms with E-state index in [1.54, 1.807) is 19.4 Å². The van der Waals surface area contributed by atoms with Crippen molar-refractivity contribution in [1.82, 2.24) is 25.3 Å². The number of thiophene rings is 1. The lowest BCUT2D eigenvalue weighted by molar-refractivity contribution is 0.0951. The molecule has 0 aromatic carbocycles. The molecule has 0 spiro atoms. The molecule has 164 valence electrons. The summed E-state index contributed by atoms with van der Waals surface area (Å²) in [5.41, 5.74) is 2.41. The Labute approximate surface area is 187 Å². The number of ether oxygens (including phenoxy) is 1. The van der Waals surface area contributed by atoms with Gasteiger partial charge in [0.05, 0.1) is 29.6 Å². The molecule has 2 N–H and O–H groups in total. The van der Waals surface area contributed by atoms with Crippen LogP contribution in [0.2, 0.25) is 0 Å². The Balaban J connectivity index is 1.49. The van der Waals surface area contributed by atoms with Crippen LogP contribution in [0.5, 0.6) is 5.88 Å². The van der Waals surface area contributed by atoms with Crippen molar-refractivity contribution in [2.24, 2.45) is 0 Å². The first kappa shape index (κ1) is 21.6. The van der Waals surface area contributed by atoms with Crippen molar-refractivity contribution in [3.05, 3.63) is 70.9 Å². The highest BCUT2D eigenvalue weighted by Gasteiger charge is 2.17. The van der Waals surface area contributed by atoms with E-state index in [0.717, 1.165) is 11.9 Å². The zero-order valence-electron chi connectivity index (χ0n) is 17.5. The lowest BCUT2D eigenvalue weighted by atomic mass is 10.1. The fourth-order valence-electron chi connectivity index (χ4n) is 3.12. The van der Waals surface area contributed by atoms with Gasteiger partial charge in [-0.3, -0.25) is 9.78 Å². The maximum Gasteiger partial charge on any atom is 0.271 e. The molecule has 0 fully saturated rings. The molecule has 4 aromatic rings. The van der Waals surface area contributed by atoms with Gasteiger partial charge in [0.1, 0.15) is 5.82 Å². The normalized spacial score (nSPS) is 11.8. The summed E-state index contributed by atoms with van der Waals surface area (Å²) in [4.78, 5) is 30.0. The number of methoxy groups -OCH3 is 1. The van der Waals surface area contributed by atoms with Crippen molar-refractivity contribution in [2.75, 3.05) is 19.0 Å². The topological polar surface area (TPSA) is 102 Å². The van der Waals surface area contributed by atoms with Gasteiger partial charge in [-0.2, -0.15) is 0 Å². The number of hydrogen-bond acceptors (Lipinski definition) is 8. The molecule has 0 bridgehead atoms. The average molecular weight is 453 g/mol. The van der Waals surface area contributed by atoms with E-state index in [9.17, 15) is 9.18 Å². The molecule has 0 radical (unpaired) electrons. The minimum Gasteiger partial charge on any atom is -0.481 e. The lowest BCUT2D eigenvalue weighted by Gasteiger charge is -2.15. The SMILES string of the molecule is COc1cccc(CCNC(=O)c2nc(NC(C)c3cncc(F)c3)nc3ccsc23)n1. The monoisotopic (exact) mass is 452 g/mol. The van der Waals surface area contributed by atoms with Gasteiger partial charge in [-0.05, 0) is 36.1 Å². The average Bonchev–Trinajstić information content (AvgIpc) is 3.27. The van der Waals surface area contributed by atoms with Crippen molar-refractivity contribution in [2.45, 2.75) is 19.4 Å². The number of halogens is 1. The Bertz CT molecular complexity index is 1250. The zero-order valence-corrected chi connectivity index (χ0v) is 18.3. The third-order valence-electron chi connectivity index (χ3n) is 4.75. The van der Waals surface area contributed by atoms with Crippen molar-refractivity contribution >= 4 is 33.4 Å². The first-order chi connectivity index (χ1) is 15.5. The van der Waals surface area contributed by atoms with Crippen molar-refractivity contribution in [1.29, 1.82) is 0 Å². The Kier molecular flexibility index (Phi) is 6.50. The molecule has 1 atom stereocenters. The molecule has 4 rings (SSSR count). The summed E-state index contributed by atoms with van der Waals surface area (Å²) >= 11 is 1.40. The van der Waals surface area contributed by atoms with Gasteiger partial charge < -0.3 is 15.4 Å². The smallest absolute Gasteiger partial charge is 0.271 e. The number of nitrogens with one attached hydrogen (secondary N) is 2. The molecule has 0 aliphatic rings. The second-order valence-electron chi connectivity index (χ2n) is 7.01. The fourth-order valence-corrected chi connectivity index (χ4v) is 3.94. The number of aromatic nitrogens is 4. The predicted molar refractivity (Wildman–Crippen MR) is 120 cm³/mol. The molecule has 1 amide bonds. The number of amides is 1. The highest BCUT2D eigenvalue weighted by molar-refractivity contribution is 7.17. The predicted octanol–water partition coefficient (Wildman–Crippen LogP) is 3.77.